The Kier molecular flexibility index (Phi) is 3.79. The average Bonchev–Trinajstić information content (AvgIpc) is 2.60. The molecule has 1 unspecified atom stereocenters. The number of nitriles is 1. The molecule has 1 aliphatic rings. The van der Waals surface area contributed by atoms with Crippen molar-refractivity contribution in [2.24, 2.45) is 0 Å². The Morgan fingerprint density at radius 2 is 1.88 bits per heavy atom. The number of benzene rings is 2. The highest BCUT2D eigenvalue weighted by molar-refractivity contribution is 7.89. The van der Waals surface area contributed by atoms with Crippen molar-refractivity contribution in [2.45, 2.75) is 10.9 Å². The molecule has 0 amide bonds. The van der Waals surface area contributed by atoms with Gasteiger partial charge in [0, 0.05) is 18.2 Å². The van der Waals surface area contributed by atoms with Crippen molar-refractivity contribution in [1.29, 1.82) is 5.26 Å². The molecule has 0 radical (unpaired) electrons. The quantitative estimate of drug-likeness (QED) is 0.611. The van der Waals surface area contributed by atoms with Crippen molar-refractivity contribution < 1.29 is 18.0 Å². The number of nitrogens with zero attached hydrogens (tertiary/aromatic N) is 2. The molecule has 1 aliphatic heterocycles. The van der Waals surface area contributed by atoms with Crippen LogP contribution < -0.4 is 0 Å². The van der Waals surface area contributed by atoms with Gasteiger partial charge in [0.2, 0.25) is 10.0 Å². The van der Waals surface area contributed by atoms with Gasteiger partial charge in [0.1, 0.15) is 0 Å². The van der Waals surface area contributed by atoms with Crippen molar-refractivity contribution >= 4 is 21.6 Å². The number of sulfonamides is 1. The van der Waals surface area contributed by atoms with E-state index in [1.807, 2.05) is 6.07 Å². The van der Waals surface area contributed by atoms with Gasteiger partial charge in [-0.05, 0) is 24.3 Å². The molecule has 0 fully saturated rings. The van der Waals surface area contributed by atoms with E-state index in [2.05, 4.69) is 0 Å². The summed E-state index contributed by atoms with van der Waals surface area (Å²) >= 11 is 0. The first kappa shape index (κ1) is 16.1. The fraction of sp³-hybridized carbons (Fsp3) is 0.118. The highest BCUT2D eigenvalue weighted by Crippen LogP contribution is 2.30. The molecule has 0 N–H and O–H groups in total. The van der Waals surface area contributed by atoms with Crippen LogP contribution >= 0.6 is 0 Å². The second-order valence-electron chi connectivity index (χ2n) is 5.34. The molecular weight excluding hydrogens is 328 g/mol. The Morgan fingerprint density at radius 3 is 2.58 bits per heavy atom. The maximum atomic E-state index is 12.7. The van der Waals surface area contributed by atoms with Gasteiger partial charge in [0.25, 0.3) is 0 Å². The number of carbonyl (C=O) groups excluding carboxylic acids is 2. The third kappa shape index (κ3) is 2.33. The van der Waals surface area contributed by atoms with E-state index < -0.39 is 27.6 Å². The first-order chi connectivity index (χ1) is 11.4. The molecule has 24 heavy (non-hydrogen) atoms. The minimum atomic E-state index is -3.94. The van der Waals surface area contributed by atoms with E-state index in [1.54, 1.807) is 6.07 Å². The van der Waals surface area contributed by atoms with Crippen LogP contribution in [-0.4, -0.2) is 37.4 Å². The summed E-state index contributed by atoms with van der Waals surface area (Å²) in [5.41, 5.74) is 0.384. The molecule has 2 aromatic carbocycles. The van der Waals surface area contributed by atoms with Crippen LogP contribution in [0.25, 0.3) is 0 Å². The molecular formula is C17H12N2O4S. The van der Waals surface area contributed by atoms with Gasteiger partial charge < -0.3 is 0 Å². The van der Waals surface area contributed by atoms with Crippen molar-refractivity contribution in [3.8, 4) is 6.07 Å². The van der Waals surface area contributed by atoms with Crippen molar-refractivity contribution in [3.63, 3.8) is 0 Å². The molecule has 6 nitrogen and oxygen atoms in total. The summed E-state index contributed by atoms with van der Waals surface area (Å²) in [5, 5.41) is 8.94. The number of hydrogen-bond acceptors (Lipinski definition) is 5. The Labute approximate surface area is 139 Å². The topological polar surface area (TPSA) is 95.3 Å². The lowest BCUT2D eigenvalue weighted by molar-refractivity contribution is 0.0784. The molecule has 1 atom stereocenters. The van der Waals surface area contributed by atoms with Gasteiger partial charge in [-0.2, -0.15) is 9.57 Å². The van der Waals surface area contributed by atoms with E-state index in [9.17, 15) is 18.0 Å². The second kappa shape index (κ2) is 5.67. The Morgan fingerprint density at radius 1 is 1.17 bits per heavy atom. The molecule has 3 rings (SSSR count). The molecule has 0 spiro atoms. The number of carbonyl (C=O) groups is 2. The number of fused-ring (bicyclic) bond motifs is 1. The van der Waals surface area contributed by atoms with Crippen molar-refractivity contribution in [3.05, 3.63) is 65.2 Å². The standard InChI is InChI=1S/C17H12N2O4S/c1-19-15(16(20)12-6-4-5-11(9-12)10-18)17(21)13-7-2-3-8-14(13)24(19,22)23/h2-9,15H,1H3. The number of rotatable bonds is 2. The number of ketones is 2. The summed E-state index contributed by atoms with van der Waals surface area (Å²) < 4.78 is 26.0. The minimum absolute atomic E-state index is 0.00499. The third-order valence-corrected chi connectivity index (χ3v) is 5.83. The zero-order chi connectivity index (χ0) is 17.5. The predicted octanol–water partition coefficient (Wildman–Crippen LogP) is 1.63. The van der Waals surface area contributed by atoms with Crippen LogP contribution in [0.4, 0.5) is 0 Å². The van der Waals surface area contributed by atoms with E-state index in [0.717, 1.165) is 4.31 Å². The van der Waals surface area contributed by atoms with Crippen LogP contribution in [0.15, 0.2) is 53.4 Å². The lowest BCUT2D eigenvalue weighted by Gasteiger charge is -2.31. The molecule has 0 aromatic heterocycles. The summed E-state index contributed by atoms with van der Waals surface area (Å²) in [6.07, 6.45) is 0. The summed E-state index contributed by atoms with van der Waals surface area (Å²) in [5.74, 6) is -1.23. The van der Waals surface area contributed by atoms with Gasteiger partial charge in [-0.3, -0.25) is 9.59 Å². The van der Waals surface area contributed by atoms with Gasteiger partial charge in [-0.1, -0.05) is 24.3 Å². The summed E-state index contributed by atoms with van der Waals surface area (Å²) in [6, 6.07) is 12.1. The van der Waals surface area contributed by atoms with E-state index in [4.69, 9.17) is 5.26 Å². The van der Waals surface area contributed by atoms with Gasteiger partial charge in [0.05, 0.1) is 16.5 Å². The third-order valence-electron chi connectivity index (χ3n) is 3.95. The number of Topliss-reactive ketones (excluding diaryl/α,β-unsaturated/α-hetero) is 2. The average molecular weight is 340 g/mol. The smallest absolute Gasteiger partial charge is 0.244 e. The summed E-state index contributed by atoms with van der Waals surface area (Å²) in [6.45, 7) is 0. The van der Waals surface area contributed by atoms with Gasteiger partial charge in [0.15, 0.2) is 17.6 Å². The zero-order valence-corrected chi connectivity index (χ0v) is 13.4. The number of likely N-dealkylation sites (N-methyl/N-ethyl adjacent to an activating group) is 1. The fourth-order valence-electron chi connectivity index (χ4n) is 2.69. The highest BCUT2D eigenvalue weighted by atomic mass is 32.2. The maximum absolute atomic E-state index is 12.7. The lowest BCUT2D eigenvalue weighted by Crippen LogP contribution is -2.51. The molecule has 0 saturated carbocycles. The van der Waals surface area contributed by atoms with Crippen molar-refractivity contribution in [1.82, 2.24) is 4.31 Å². The highest BCUT2D eigenvalue weighted by Gasteiger charge is 2.45. The van der Waals surface area contributed by atoms with Gasteiger partial charge >= 0.3 is 0 Å². The van der Waals surface area contributed by atoms with Crippen LogP contribution in [0.1, 0.15) is 26.3 Å². The van der Waals surface area contributed by atoms with Crippen LogP contribution in [0.3, 0.4) is 0 Å². The SMILES string of the molecule is CN1C(C(=O)c2cccc(C#N)c2)C(=O)c2ccccc2S1(=O)=O. The fourth-order valence-corrected chi connectivity index (χ4v) is 4.16. The lowest BCUT2D eigenvalue weighted by atomic mass is 9.95. The molecule has 120 valence electrons. The molecule has 7 heteroatoms. The Balaban J connectivity index is 2.14. The molecule has 0 bridgehead atoms. The molecule has 0 aliphatic carbocycles. The Hall–Kier alpha value is -2.82. The largest absolute Gasteiger partial charge is 0.292 e. The maximum Gasteiger partial charge on any atom is 0.244 e. The molecule has 2 aromatic rings. The normalized spacial score (nSPS) is 19.3. The minimum Gasteiger partial charge on any atom is -0.292 e. The van der Waals surface area contributed by atoms with Gasteiger partial charge in [-0.25, -0.2) is 8.42 Å². The second-order valence-corrected chi connectivity index (χ2v) is 7.31. The van der Waals surface area contributed by atoms with E-state index >= 15 is 0 Å². The predicted molar refractivity (Wildman–Crippen MR) is 85.0 cm³/mol. The Bertz CT molecular complexity index is 1010. The first-order valence-corrected chi connectivity index (χ1v) is 8.47. The summed E-state index contributed by atoms with van der Waals surface area (Å²) in [7, 11) is -2.74. The van der Waals surface area contributed by atoms with Crippen LogP contribution in [-0.2, 0) is 10.0 Å². The van der Waals surface area contributed by atoms with E-state index in [0.29, 0.717) is 0 Å². The monoisotopic (exact) mass is 340 g/mol. The van der Waals surface area contributed by atoms with E-state index in [-0.39, 0.29) is 21.6 Å². The van der Waals surface area contributed by atoms with Crippen LogP contribution in [0.2, 0.25) is 0 Å². The molecule has 1 heterocycles. The summed E-state index contributed by atoms with van der Waals surface area (Å²) in [4.78, 5) is 25.3. The van der Waals surface area contributed by atoms with Crippen LogP contribution in [0.5, 0.6) is 0 Å². The van der Waals surface area contributed by atoms with E-state index in [1.165, 1.54) is 49.5 Å². The molecule has 0 saturated heterocycles. The zero-order valence-electron chi connectivity index (χ0n) is 12.6. The van der Waals surface area contributed by atoms with Gasteiger partial charge in [-0.15, -0.1) is 0 Å². The first-order valence-electron chi connectivity index (χ1n) is 7.03. The number of hydrogen-bond donors (Lipinski definition) is 0. The van der Waals surface area contributed by atoms with Crippen molar-refractivity contribution in [2.75, 3.05) is 7.05 Å². The van der Waals surface area contributed by atoms with Crippen LogP contribution in [0, 0.1) is 11.3 Å².